The van der Waals surface area contributed by atoms with Gasteiger partial charge in [0.15, 0.2) is 0 Å². The molecular formula is C18H21F2N3O. The maximum atomic E-state index is 13.7. The molecule has 24 heavy (non-hydrogen) atoms. The monoisotopic (exact) mass is 333 g/mol. The lowest BCUT2D eigenvalue weighted by Gasteiger charge is -2.35. The van der Waals surface area contributed by atoms with Crippen molar-refractivity contribution in [1.82, 2.24) is 14.8 Å². The van der Waals surface area contributed by atoms with E-state index < -0.39 is 17.7 Å². The van der Waals surface area contributed by atoms with Crippen LogP contribution in [0.5, 0.6) is 0 Å². The summed E-state index contributed by atoms with van der Waals surface area (Å²) in [6.07, 6.45) is 0.840. The lowest BCUT2D eigenvalue weighted by atomic mass is 10.1. The highest BCUT2D eigenvalue weighted by Gasteiger charge is 2.21. The second-order valence-electron chi connectivity index (χ2n) is 6.08. The number of hydrogen-bond acceptors (Lipinski definition) is 4. The minimum atomic E-state index is -0.951. The van der Waals surface area contributed by atoms with Gasteiger partial charge in [-0.25, -0.2) is 8.78 Å². The molecule has 0 radical (unpaired) electrons. The standard InChI is InChI=1S/C18H21F2N3O/c19-14-4-5-16(17(20)11-14)18(24)13-23-9-7-22(8-10-23)12-15-3-1-2-6-21-15/h1-6,11,18,24H,7-10,12-13H2. The highest BCUT2D eigenvalue weighted by Crippen LogP contribution is 2.20. The number of benzene rings is 1. The van der Waals surface area contributed by atoms with Gasteiger partial charge in [0.25, 0.3) is 0 Å². The molecule has 1 aromatic carbocycles. The fraction of sp³-hybridized carbons (Fsp3) is 0.389. The first-order valence-corrected chi connectivity index (χ1v) is 8.09. The Morgan fingerprint density at radius 1 is 1.04 bits per heavy atom. The first-order valence-electron chi connectivity index (χ1n) is 8.09. The number of nitrogens with zero attached hydrogens (tertiary/aromatic N) is 3. The van der Waals surface area contributed by atoms with E-state index >= 15 is 0 Å². The molecule has 2 heterocycles. The molecule has 3 rings (SSSR count). The fourth-order valence-corrected chi connectivity index (χ4v) is 2.97. The van der Waals surface area contributed by atoms with Crippen LogP contribution < -0.4 is 0 Å². The Morgan fingerprint density at radius 3 is 2.46 bits per heavy atom. The normalized spacial score (nSPS) is 17.8. The van der Waals surface area contributed by atoms with E-state index in [1.807, 2.05) is 18.2 Å². The molecule has 128 valence electrons. The van der Waals surface area contributed by atoms with Gasteiger partial charge in [-0.3, -0.25) is 14.8 Å². The highest BCUT2D eigenvalue weighted by molar-refractivity contribution is 5.21. The van der Waals surface area contributed by atoms with Crippen molar-refractivity contribution in [3.63, 3.8) is 0 Å². The molecule has 1 fully saturated rings. The summed E-state index contributed by atoms with van der Waals surface area (Å²) in [4.78, 5) is 8.74. The first-order chi connectivity index (χ1) is 11.6. The van der Waals surface area contributed by atoms with Crippen LogP contribution in [-0.4, -0.2) is 52.6 Å². The number of halogens is 2. The molecule has 0 spiro atoms. The molecule has 1 aliphatic rings. The Kier molecular flexibility index (Phi) is 5.50. The van der Waals surface area contributed by atoms with E-state index in [0.29, 0.717) is 6.54 Å². The smallest absolute Gasteiger partial charge is 0.131 e. The van der Waals surface area contributed by atoms with Gasteiger partial charge in [0, 0.05) is 57.1 Å². The van der Waals surface area contributed by atoms with Gasteiger partial charge in [0.1, 0.15) is 11.6 Å². The number of aliphatic hydroxyl groups excluding tert-OH is 1. The second kappa shape index (κ2) is 7.79. The zero-order valence-corrected chi connectivity index (χ0v) is 13.4. The van der Waals surface area contributed by atoms with E-state index in [0.717, 1.165) is 44.5 Å². The van der Waals surface area contributed by atoms with Crippen LogP contribution in [0.2, 0.25) is 0 Å². The molecule has 1 N–H and O–H groups in total. The predicted octanol–water partition coefficient (Wildman–Crippen LogP) is 2.21. The quantitative estimate of drug-likeness (QED) is 0.911. The van der Waals surface area contributed by atoms with Crippen molar-refractivity contribution in [2.24, 2.45) is 0 Å². The van der Waals surface area contributed by atoms with E-state index in [4.69, 9.17) is 0 Å². The molecule has 1 aliphatic heterocycles. The molecule has 4 nitrogen and oxygen atoms in total. The van der Waals surface area contributed by atoms with Gasteiger partial charge in [0.05, 0.1) is 11.8 Å². The minimum Gasteiger partial charge on any atom is -0.387 e. The van der Waals surface area contributed by atoms with Gasteiger partial charge in [-0.2, -0.15) is 0 Å². The topological polar surface area (TPSA) is 39.6 Å². The van der Waals surface area contributed by atoms with Gasteiger partial charge in [0.2, 0.25) is 0 Å². The summed E-state index contributed by atoms with van der Waals surface area (Å²) >= 11 is 0. The Balaban J connectivity index is 1.50. The van der Waals surface area contributed by atoms with Crippen molar-refractivity contribution in [3.8, 4) is 0 Å². The molecular weight excluding hydrogens is 312 g/mol. The molecule has 1 unspecified atom stereocenters. The van der Waals surface area contributed by atoms with Gasteiger partial charge < -0.3 is 5.11 Å². The second-order valence-corrected chi connectivity index (χ2v) is 6.08. The van der Waals surface area contributed by atoms with Crippen molar-refractivity contribution in [1.29, 1.82) is 0 Å². The Hall–Kier alpha value is -1.89. The number of rotatable bonds is 5. The molecule has 0 saturated carbocycles. The van der Waals surface area contributed by atoms with Gasteiger partial charge >= 0.3 is 0 Å². The van der Waals surface area contributed by atoms with E-state index in [9.17, 15) is 13.9 Å². The zero-order valence-electron chi connectivity index (χ0n) is 13.4. The lowest BCUT2D eigenvalue weighted by Crippen LogP contribution is -2.47. The van der Waals surface area contributed by atoms with Crippen LogP contribution in [0.4, 0.5) is 8.78 Å². The maximum Gasteiger partial charge on any atom is 0.131 e. The van der Waals surface area contributed by atoms with Gasteiger partial charge in [-0.1, -0.05) is 12.1 Å². The third-order valence-corrected chi connectivity index (χ3v) is 4.33. The summed E-state index contributed by atoms with van der Waals surface area (Å²) in [5, 5.41) is 10.2. The van der Waals surface area contributed by atoms with E-state index in [-0.39, 0.29) is 5.56 Å². The van der Waals surface area contributed by atoms with Crippen molar-refractivity contribution in [3.05, 3.63) is 65.5 Å². The fourth-order valence-electron chi connectivity index (χ4n) is 2.97. The van der Waals surface area contributed by atoms with Crippen LogP contribution >= 0.6 is 0 Å². The van der Waals surface area contributed by atoms with E-state index in [2.05, 4.69) is 14.8 Å². The van der Waals surface area contributed by atoms with Gasteiger partial charge in [-0.15, -0.1) is 0 Å². The number of aliphatic hydroxyl groups is 1. The average Bonchev–Trinajstić information content (AvgIpc) is 2.57. The summed E-state index contributed by atoms with van der Waals surface area (Å²) in [6, 6.07) is 9.18. The van der Waals surface area contributed by atoms with Crippen molar-refractivity contribution >= 4 is 0 Å². The largest absolute Gasteiger partial charge is 0.387 e. The van der Waals surface area contributed by atoms with Crippen molar-refractivity contribution < 1.29 is 13.9 Å². The summed E-state index contributed by atoms with van der Waals surface area (Å²) in [5.74, 6) is -1.33. The zero-order chi connectivity index (χ0) is 16.9. The van der Waals surface area contributed by atoms with Crippen LogP contribution in [0.25, 0.3) is 0 Å². The first kappa shape index (κ1) is 17.0. The predicted molar refractivity (Wildman–Crippen MR) is 87.3 cm³/mol. The lowest BCUT2D eigenvalue weighted by molar-refractivity contribution is 0.0681. The van der Waals surface area contributed by atoms with Crippen LogP contribution in [0.15, 0.2) is 42.6 Å². The van der Waals surface area contributed by atoms with Crippen LogP contribution in [-0.2, 0) is 6.54 Å². The third-order valence-electron chi connectivity index (χ3n) is 4.33. The summed E-state index contributed by atoms with van der Waals surface area (Å²) in [7, 11) is 0. The number of β-amino-alcohol motifs (C(OH)–C–C–N with tert-alkyl or cyclic N) is 1. The molecule has 1 atom stereocenters. The van der Waals surface area contributed by atoms with E-state index in [1.165, 1.54) is 12.1 Å². The minimum absolute atomic E-state index is 0.146. The number of hydrogen-bond donors (Lipinski definition) is 1. The molecule has 0 bridgehead atoms. The molecule has 6 heteroatoms. The van der Waals surface area contributed by atoms with Crippen molar-refractivity contribution in [2.45, 2.75) is 12.6 Å². The summed E-state index contributed by atoms with van der Waals surface area (Å²) in [5.41, 5.74) is 1.19. The number of aromatic nitrogens is 1. The Labute approximate surface area is 140 Å². The van der Waals surface area contributed by atoms with Crippen LogP contribution in [0.1, 0.15) is 17.4 Å². The van der Waals surface area contributed by atoms with Crippen LogP contribution in [0, 0.1) is 11.6 Å². The number of piperazine rings is 1. The SMILES string of the molecule is OC(CN1CCN(Cc2ccccn2)CC1)c1ccc(F)cc1F. The summed E-state index contributed by atoms with van der Waals surface area (Å²) < 4.78 is 26.7. The average molecular weight is 333 g/mol. The van der Waals surface area contributed by atoms with Crippen LogP contribution in [0.3, 0.4) is 0 Å². The van der Waals surface area contributed by atoms with Crippen molar-refractivity contribution in [2.75, 3.05) is 32.7 Å². The number of pyridine rings is 1. The Morgan fingerprint density at radius 2 is 1.79 bits per heavy atom. The highest BCUT2D eigenvalue weighted by atomic mass is 19.1. The molecule has 0 amide bonds. The van der Waals surface area contributed by atoms with Gasteiger partial charge in [-0.05, 0) is 18.2 Å². The summed E-state index contributed by atoms with van der Waals surface area (Å²) in [6.45, 7) is 4.49. The Bertz CT molecular complexity index is 661. The molecule has 0 aliphatic carbocycles. The van der Waals surface area contributed by atoms with E-state index in [1.54, 1.807) is 6.20 Å². The maximum absolute atomic E-state index is 13.7. The third kappa shape index (κ3) is 4.35. The molecule has 1 saturated heterocycles. The molecule has 2 aromatic rings. The molecule has 1 aromatic heterocycles.